The molecule has 1 aromatic carbocycles. The van der Waals surface area contributed by atoms with E-state index in [4.69, 9.17) is 0 Å². The molecule has 24 heavy (non-hydrogen) atoms. The fraction of sp³-hybridized carbons (Fsp3) is 0.167. The Hall–Kier alpha value is -3.15. The van der Waals surface area contributed by atoms with Gasteiger partial charge in [0.1, 0.15) is 0 Å². The Morgan fingerprint density at radius 1 is 1.12 bits per heavy atom. The highest BCUT2D eigenvalue weighted by atomic mass is 16.2. The summed E-state index contributed by atoms with van der Waals surface area (Å²) in [4.78, 5) is 28.8. The van der Waals surface area contributed by atoms with Gasteiger partial charge in [-0.15, -0.1) is 0 Å². The van der Waals surface area contributed by atoms with Crippen molar-refractivity contribution in [3.8, 4) is 0 Å². The minimum atomic E-state index is -0.620. The third-order valence-corrected chi connectivity index (χ3v) is 3.84. The molecule has 122 valence electrons. The number of Topliss-reactive ketones (excluding diaryl/α,β-unsaturated/α-hetero) is 1. The number of ketones is 1. The summed E-state index contributed by atoms with van der Waals surface area (Å²) in [7, 11) is 1.74. The molecule has 3 aromatic rings. The van der Waals surface area contributed by atoms with Crippen molar-refractivity contribution in [2.24, 2.45) is 7.05 Å². The van der Waals surface area contributed by atoms with Gasteiger partial charge in [-0.2, -0.15) is 0 Å². The first-order chi connectivity index (χ1) is 11.6. The van der Waals surface area contributed by atoms with Crippen LogP contribution in [0.3, 0.4) is 0 Å². The molecule has 6 heteroatoms. The Balaban J connectivity index is 1.80. The van der Waals surface area contributed by atoms with Crippen molar-refractivity contribution < 1.29 is 9.59 Å². The van der Waals surface area contributed by atoms with Crippen molar-refractivity contribution in [3.05, 3.63) is 78.6 Å². The molecule has 1 N–H and O–H groups in total. The van der Waals surface area contributed by atoms with Crippen LogP contribution in [0.2, 0.25) is 0 Å². The molecular formula is C18H18N4O2. The van der Waals surface area contributed by atoms with Gasteiger partial charge in [0.2, 0.25) is 0 Å². The van der Waals surface area contributed by atoms with E-state index in [2.05, 4.69) is 10.3 Å². The zero-order valence-corrected chi connectivity index (χ0v) is 13.3. The molecule has 1 amide bonds. The van der Waals surface area contributed by atoms with Gasteiger partial charge in [0.25, 0.3) is 11.7 Å². The molecule has 0 bridgehead atoms. The SMILES string of the molecule is Cn1cccc1C(=O)C(=O)N[C@H](Cn1ccnc1)c1ccccc1. The van der Waals surface area contributed by atoms with E-state index in [1.807, 2.05) is 41.1 Å². The number of aryl methyl sites for hydroxylation is 1. The van der Waals surface area contributed by atoms with Crippen LogP contribution in [0.1, 0.15) is 22.1 Å². The number of imidazole rings is 1. The van der Waals surface area contributed by atoms with E-state index < -0.39 is 11.7 Å². The number of carbonyl (C=O) groups is 2. The van der Waals surface area contributed by atoms with Crippen LogP contribution in [-0.4, -0.2) is 25.8 Å². The van der Waals surface area contributed by atoms with Crippen LogP contribution in [0.4, 0.5) is 0 Å². The number of benzene rings is 1. The zero-order chi connectivity index (χ0) is 16.9. The minimum absolute atomic E-state index is 0.322. The first kappa shape index (κ1) is 15.7. The molecule has 3 rings (SSSR count). The minimum Gasteiger partial charge on any atom is -0.348 e. The number of amides is 1. The Morgan fingerprint density at radius 2 is 1.92 bits per heavy atom. The topological polar surface area (TPSA) is 68.9 Å². The van der Waals surface area contributed by atoms with Crippen LogP contribution in [-0.2, 0) is 18.4 Å². The monoisotopic (exact) mass is 322 g/mol. The number of nitrogens with one attached hydrogen (secondary N) is 1. The van der Waals surface area contributed by atoms with Gasteiger partial charge in [0, 0.05) is 32.2 Å². The van der Waals surface area contributed by atoms with Crippen molar-refractivity contribution in [1.29, 1.82) is 0 Å². The molecule has 0 saturated heterocycles. The molecule has 0 aliphatic rings. The van der Waals surface area contributed by atoms with Gasteiger partial charge >= 0.3 is 0 Å². The number of hydrogen-bond donors (Lipinski definition) is 1. The average molecular weight is 322 g/mol. The summed E-state index contributed by atoms with van der Waals surface area (Å²) in [5.74, 6) is -1.17. The second-order valence-electron chi connectivity index (χ2n) is 5.53. The standard InChI is InChI=1S/C18H18N4O2/c1-21-10-5-8-16(21)17(23)18(24)20-15(12-22-11-9-19-13-22)14-6-3-2-4-7-14/h2-11,13,15H,12H2,1H3,(H,20,24)/t15-/m1/s1. The molecule has 0 unspecified atom stereocenters. The van der Waals surface area contributed by atoms with E-state index in [1.165, 1.54) is 0 Å². The van der Waals surface area contributed by atoms with E-state index in [-0.39, 0.29) is 6.04 Å². The molecule has 0 spiro atoms. The highest BCUT2D eigenvalue weighted by Gasteiger charge is 2.23. The second kappa shape index (κ2) is 6.95. The van der Waals surface area contributed by atoms with Gasteiger partial charge < -0.3 is 14.5 Å². The summed E-state index contributed by atoms with van der Waals surface area (Å²) in [6.45, 7) is 0.496. The first-order valence-corrected chi connectivity index (χ1v) is 7.62. The lowest BCUT2D eigenvalue weighted by atomic mass is 10.1. The van der Waals surface area contributed by atoms with Crippen molar-refractivity contribution in [2.75, 3.05) is 0 Å². The van der Waals surface area contributed by atoms with Crippen LogP contribution in [0.15, 0.2) is 67.4 Å². The van der Waals surface area contributed by atoms with Gasteiger partial charge in [0.15, 0.2) is 0 Å². The van der Waals surface area contributed by atoms with Crippen molar-refractivity contribution in [2.45, 2.75) is 12.6 Å². The maximum Gasteiger partial charge on any atom is 0.294 e. The third-order valence-electron chi connectivity index (χ3n) is 3.84. The van der Waals surface area contributed by atoms with Crippen molar-refractivity contribution >= 4 is 11.7 Å². The van der Waals surface area contributed by atoms with Crippen LogP contribution in [0.5, 0.6) is 0 Å². The molecule has 0 saturated carbocycles. The molecular weight excluding hydrogens is 304 g/mol. The fourth-order valence-electron chi connectivity index (χ4n) is 2.56. The van der Waals surface area contributed by atoms with Gasteiger partial charge in [-0.05, 0) is 17.7 Å². The molecule has 2 heterocycles. The molecule has 0 radical (unpaired) electrons. The van der Waals surface area contributed by atoms with Gasteiger partial charge in [-0.1, -0.05) is 30.3 Å². The number of hydrogen-bond acceptors (Lipinski definition) is 3. The smallest absolute Gasteiger partial charge is 0.294 e. The quantitative estimate of drug-likeness (QED) is 0.557. The lowest BCUT2D eigenvalue weighted by molar-refractivity contribution is -0.117. The maximum atomic E-state index is 12.4. The van der Waals surface area contributed by atoms with Gasteiger partial charge in [0.05, 0.1) is 18.1 Å². The second-order valence-corrected chi connectivity index (χ2v) is 5.53. The van der Waals surface area contributed by atoms with Crippen LogP contribution < -0.4 is 5.32 Å². The summed E-state index contributed by atoms with van der Waals surface area (Å²) in [6, 6.07) is 12.6. The average Bonchev–Trinajstić information content (AvgIpc) is 3.26. The Kier molecular flexibility index (Phi) is 4.56. The zero-order valence-electron chi connectivity index (χ0n) is 13.3. The van der Waals surface area contributed by atoms with Gasteiger partial charge in [-0.3, -0.25) is 9.59 Å². The maximum absolute atomic E-state index is 12.4. The van der Waals surface area contributed by atoms with E-state index >= 15 is 0 Å². The van der Waals surface area contributed by atoms with Crippen molar-refractivity contribution in [3.63, 3.8) is 0 Å². The van der Waals surface area contributed by atoms with E-state index in [9.17, 15) is 9.59 Å². The predicted molar refractivity (Wildman–Crippen MR) is 89.3 cm³/mol. The molecule has 0 fully saturated rings. The molecule has 6 nitrogen and oxygen atoms in total. The summed E-state index contributed by atoms with van der Waals surface area (Å²) >= 11 is 0. The first-order valence-electron chi connectivity index (χ1n) is 7.62. The summed E-state index contributed by atoms with van der Waals surface area (Å²) in [5.41, 5.74) is 1.29. The van der Waals surface area contributed by atoms with E-state index in [0.717, 1.165) is 5.56 Å². The van der Waals surface area contributed by atoms with Gasteiger partial charge in [-0.25, -0.2) is 4.98 Å². The highest BCUT2D eigenvalue weighted by Crippen LogP contribution is 2.15. The molecule has 0 aliphatic heterocycles. The highest BCUT2D eigenvalue weighted by molar-refractivity contribution is 6.42. The summed E-state index contributed by atoms with van der Waals surface area (Å²) in [5, 5.41) is 2.84. The Bertz CT molecular complexity index is 822. The number of rotatable bonds is 6. The normalized spacial score (nSPS) is 11.9. The van der Waals surface area contributed by atoms with Crippen LogP contribution in [0, 0.1) is 0 Å². The third kappa shape index (κ3) is 3.43. The Morgan fingerprint density at radius 3 is 2.54 bits per heavy atom. The fourth-order valence-corrected chi connectivity index (χ4v) is 2.56. The Labute approximate surface area is 139 Å². The summed E-state index contributed by atoms with van der Waals surface area (Å²) in [6.07, 6.45) is 6.92. The summed E-state index contributed by atoms with van der Waals surface area (Å²) < 4.78 is 3.50. The lowest BCUT2D eigenvalue weighted by Crippen LogP contribution is -2.36. The molecule has 0 aliphatic carbocycles. The lowest BCUT2D eigenvalue weighted by Gasteiger charge is -2.19. The van der Waals surface area contributed by atoms with Crippen LogP contribution in [0.25, 0.3) is 0 Å². The number of carbonyl (C=O) groups excluding carboxylic acids is 2. The predicted octanol–water partition coefficient (Wildman–Crippen LogP) is 1.96. The van der Waals surface area contributed by atoms with E-state index in [1.54, 1.807) is 42.5 Å². The number of aromatic nitrogens is 3. The molecule has 2 aromatic heterocycles. The number of nitrogens with zero attached hydrogens (tertiary/aromatic N) is 3. The van der Waals surface area contributed by atoms with E-state index in [0.29, 0.717) is 12.2 Å². The van der Waals surface area contributed by atoms with Crippen LogP contribution >= 0.6 is 0 Å². The molecule has 1 atom stereocenters. The largest absolute Gasteiger partial charge is 0.348 e. The van der Waals surface area contributed by atoms with Crippen molar-refractivity contribution in [1.82, 2.24) is 19.4 Å².